The van der Waals surface area contributed by atoms with Crippen LogP contribution in [-0.2, 0) is 6.42 Å². The summed E-state index contributed by atoms with van der Waals surface area (Å²) in [6.07, 6.45) is 2.47. The molecule has 1 atom stereocenters. The highest BCUT2D eigenvalue weighted by Crippen LogP contribution is 2.23. The molecule has 0 bridgehead atoms. The molecule has 0 aliphatic heterocycles. The van der Waals surface area contributed by atoms with Gasteiger partial charge in [-0.15, -0.1) is 0 Å². The van der Waals surface area contributed by atoms with Gasteiger partial charge in [0.2, 0.25) is 0 Å². The number of rotatable bonds is 5. The summed E-state index contributed by atoms with van der Waals surface area (Å²) in [5.74, 6) is 2.22. The minimum Gasteiger partial charge on any atom is -0.0628 e. The highest BCUT2D eigenvalue weighted by molar-refractivity contribution is 5.25. The summed E-state index contributed by atoms with van der Waals surface area (Å²) in [4.78, 5) is 0. The molecule has 0 N–H and O–H groups in total. The predicted octanol–water partition coefficient (Wildman–Crippen LogP) is 5.03. The fraction of sp³-hybridized carbons (Fsp3) is 0.625. The summed E-state index contributed by atoms with van der Waals surface area (Å²) in [6, 6.07) is 9.22. The van der Waals surface area contributed by atoms with Crippen LogP contribution in [0.2, 0.25) is 0 Å². The molecular formula is C16H26. The molecule has 1 unspecified atom stereocenters. The molecule has 16 heavy (non-hydrogen) atoms. The van der Waals surface area contributed by atoms with Crippen LogP contribution in [0.1, 0.15) is 58.1 Å². The lowest BCUT2D eigenvalue weighted by Gasteiger charge is -2.15. The Hall–Kier alpha value is -0.780. The first-order valence-corrected chi connectivity index (χ1v) is 6.58. The van der Waals surface area contributed by atoms with Crippen molar-refractivity contribution in [2.24, 2.45) is 11.8 Å². The first kappa shape index (κ1) is 13.3. The smallest absolute Gasteiger partial charge is 0.0188 e. The molecule has 0 amide bonds. The molecule has 1 rings (SSSR count). The third-order valence-corrected chi connectivity index (χ3v) is 3.02. The van der Waals surface area contributed by atoms with Gasteiger partial charge < -0.3 is 0 Å². The van der Waals surface area contributed by atoms with Crippen molar-refractivity contribution in [2.75, 3.05) is 0 Å². The van der Waals surface area contributed by atoms with Gasteiger partial charge in [-0.05, 0) is 41.7 Å². The van der Waals surface area contributed by atoms with E-state index in [1.54, 1.807) is 0 Å². The van der Waals surface area contributed by atoms with Crippen LogP contribution in [0.5, 0.6) is 0 Å². The van der Waals surface area contributed by atoms with E-state index in [4.69, 9.17) is 0 Å². The van der Waals surface area contributed by atoms with Gasteiger partial charge in [0.05, 0.1) is 0 Å². The molecule has 0 aliphatic rings. The number of benzene rings is 1. The topological polar surface area (TPSA) is 0 Å². The quantitative estimate of drug-likeness (QED) is 0.650. The van der Waals surface area contributed by atoms with Gasteiger partial charge in [0.15, 0.2) is 0 Å². The average molecular weight is 218 g/mol. The normalized spacial score (nSPS) is 13.4. The number of hydrogen-bond acceptors (Lipinski definition) is 0. The molecule has 1 aromatic rings. The third kappa shape index (κ3) is 4.38. The second kappa shape index (κ2) is 6.08. The van der Waals surface area contributed by atoms with E-state index in [0.717, 1.165) is 11.8 Å². The van der Waals surface area contributed by atoms with Crippen LogP contribution >= 0.6 is 0 Å². The van der Waals surface area contributed by atoms with Crippen molar-refractivity contribution in [3.63, 3.8) is 0 Å². The van der Waals surface area contributed by atoms with Crippen LogP contribution in [0, 0.1) is 11.8 Å². The molecule has 0 radical (unpaired) electrons. The third-order valence-electron chi connectivity index (χ3n) is 3.02. The molecule has 1 aromatic carbocycles. The molecule has 0 saturated heterocycles. The van der Waals surface area contributed by atoms with Crippen molar-refractivity contribution < 1.29 is 0 Å². The summed E-state index contributed by atoms with van der Waals surface area (Å²) in [7, 11) is 0. The SMILES string of the molecule is CC(C)Cc1ccc(C(C)CC(C)C)cc1. The summed E-state index contributed by atoms with van der Waals surface area (Å²) < 4.78 is 0. The zero-order valence-electron chi connectivity index (χ0n) is 11.5. The standard InChI is InChI=1S/C16H26/c1-12(2)10-14(5)16-8-6-15(7-9-16)11-13(3)4/h6-9,12-14H,10-11H2,1-5H3. The molecule has 0 heteroatoms. The molecule has 0 heterocycles. The van der Waals surface area contributed by atoms with Crippen LogP contribution in [-0.4, -0.2) is 0 Å². The summed E-state index contributed by atoms with van der Waals surface area (Å²) in [5.41, 5.74) is 2.96. The van der Waals surface area contributed by atoms with Crippen molar-refractivity contribution in [3.8, 4) is 0 Å². The second-order valence-electron chi connectivity index (χ2n) is 5.87. The van der Waals surface area contributed by atoms with Gasteiger partial charge in [0.1, 0.15) is 0 Å². The maximum Gasteiger partial charge on any atom is -0.0188 e. The first-order valence-electron chi connectivity index (χ1n) is 6.58. The Bertz CT molecular complexity index is 292. The van der Waals surface area contributed by atoms with Crippen molar-refractivity contribution in [3.05, 3.63) is 35.4 Å². The van der Waals surface area contributed by atoms with Crippen LogP contribution in [0.4, 0.5) is 0 Å². The fourth-order valence-corrected chi connectivity index (χ4v) is 2.30. The van der Waals surface area contributed by atoms with Crippen molar-refractivity contribution in [1.82, 2.24) is 0 Å². The van der Waals surface area contributed by atoms with Crippen LogP contribution in [0.15, 0.2) is 24.3 Å². The van der Waals surface area contributed by atoms with Gasteiger partial charge in [0.25, 0.3) is 0 Å². The van der Waals surface area contributed by atoms with Gasteiger partial charge >= 0.3 is 0 Å². The average Bonchev–Trinajstić information content (AvgIpc) is 2.16. The Morgan fingerprint density at radius 3 is 1.81 bits per heavy atom. The van der Waals surface area contributed by atoms with E-state index in [9.17, 15) is 0 Å². The largest absolute Gasteiger partial charge is 0.0628 e. The Morgan fingerprint density at radius 2 is 1.38 bits per heavy atom. The molecule has 0 aliphatic carbocycles. The van der Waals surface area contributed by atoms with E-state index < -0.39 is 0 Å². The van der Waals surface area contributed by atoms with Crippen molar-refractivity contribution >= 4 is 0 Å². The summed E-state index contributed by atoms with van der Waals surface area (Å²) in [6.45, 7) is 11.5. The lowest BCUT2D eigenvalue weighted by atomic mass is 9.91. The number of hydrogen-bond donors (Lipinski definition) is 0. The Labute approximate surface area is 101 Å². The van der Waals surface area contributed by atoms with Gasteiger partial charge in [-0.3, -0.25) is 0 Å². The minimum atomic E-state index is 0.688. The van der Waals surface area contributed by atoms with E-state index in [-0.39, 0.29) is 0 Å². The van der Waals surface area contributed by atoms with E-state index in [2.05, 4.69) is 58.9 Å². The van der Waals surface area contributed by atoms with E-state index in [0.29, 0.717) is 5.92 Å². The van der Waals surface area contributed by atoms with Crippen molar-refractivity contribution in [1.29, 1.82) is 0 Å². The van der Waals surface area contributed by atoms with Crippen LogP contribution < -0.4 is 0 Å². The van der Waals surface area contributed by atoms with Gasteiger partial charge in [-0.2, -0.15) is 0 Å². The van der Waals surface area contributed by atoms with E-state index >= 15 is 0 Å². The maximum atomic E-state index is 2.33. The molecule has 0 spiro atoms. The Morgan fingerprint density at radius 1 is 0.812 bits per heavy atom. The zero-order valence-corrected chi connectivity index (χ0v) is 11.5. The maximum absolute atomic E-state index is 2.33. The molecule has 0 nitrogen and oxygen atoms in total. The monoisotopic (exact) mass is 218 g/mol. The molecule has 0 fully saturated rings. The Kier molecular flexibility index (Phi) is 5.05. The minimum absolute atomic E-state index is 0.688. The van der Waals surface area contributed by atoms with Gasteiger partial charge in [0, 0.05) is 0 Å². The zero-order chi connectivity index (χ0) is 12.1. The highest BCUT2D eigenvalue weighted by atomic mass is 14.1. The lowest BCUT2D eigenvalue weighted by molar-refractivity contribution is 0.523. The van der Waals surface area contributed by atoms with E-state index in [1.165, 1.54) is 24.0 Å². The molecule has 0 aromatic heterocycles. The van der Waals surface area contributed by atoms with Gasteiger partial charge in [-0.1, -0.05) is 58.9 Å². The highest BCUT2D eigenvalue weighted by Gasteiger charge is 2.07. The first-order chi connectivity index (χ1) is 7.49. The van der Waals surface area contributed by atoms with Crippen molar-refractivity contribution in [2.45, 2.75) is 53.4 Å². The van der Waals surface area contributed by atoms with Crippen LogP contribution in [0.3, 0.4) is 0 Å². The predicted molar refractivity (Wildman–Crippen MR) is 72.9 cm³/mol. The second-order valence-corrected chi connectivity index (χ2v) is 5.87. The molecule has 90 valence electrons. The Balaban J connectivity index is 2.63. The fourth-order valence-electron chi connectivity index (χ4n) is 2.30. The summed E-state index contributed by atoms with van der Waals surface area (Å²) >= 11 is 0. The molecule has 0 saturated carbocycles. The molecular weight excluding hydrogens is 192 g/mol. The lowest BCUT2D eigenvalue weighted by Crippen LogP contribution is -2.00. The van der Waals surface area contributed by atoms with Gasteiger partial charge in [-0.25, -0.2) is 0 Å². The summed E-state index contributed by atoms with van der Waals surface area (Å²) in [5, 5.41) is 0. The van der Waals surface area contributed by atoms with E-state index in [1.807, 2.05) is 0 Å². The van der Waals surface area contributed by atoms with Crippen LogP contribution in [0.25, 0.3) is 0 Å².